The summed E-state index contributed by atoms with van der Waals surface area (Å²) in [6.07, 6.45) is 2.61. The lowest BCUT2D eigenvalue weighted by atomic mass is 10.2. The first-order valence-corrected chi connectivity index (χ1v) is 12.5. The Labute approximate surface area is 199 Å². The van der Waals surface area contributed by atoms with Gasteiger partial charge in [0.1, 0.15) is 6.54 Å². The third kappa shape index (κ3) is 5.64. The highest BCUT2D eigenvalue weighted by Crippen LogP contribution is 2.26. The van der Waals surface area contributed by atoms with Crippen LogP contribution in [0.25, 0.3) is 5.69 Å². The topological polar surface area (TPSA) is 83.8 Å². The van der Waals surface area contributed by atoms with E-state index in [0.717, 1.165) is 38.8 Å². The molecule has 7 nitrogen and oxygen atoms in total. The Kier molecular flexibility index (Phi) is 7.29. The number of hydrogen-bond donors (Lipinski definition) is 1. The van der Waals surface area contributed by atoms with Crippen LogP contribution in [0.3, 0.4) is 0 Å². The molecule has 1 aromatic heterocycles. The van der Waals surface area contributed by atoms with Gasteiger partial charge in [-0.2, -0.15) is 5.10 Å². The predicted molar refractivity (Wildman–Crippen MR) is 134 cm³/mol. The van der Waals surface area contributed by atoms with Crippen LogP contribution >= 0.6 is 11.6 Å². The van der Waals surface area contributed by atoms with E-state index in [2.05, 4.69) is 34.2 Å². The maximum absolute atomic E-state index is 12.5. The highest BCUT2D eigenvalue weighted by Gasteiger charge is 2.22. The van der Waals surface area contributed by atoms with Crippen LogP contribution in [-0.4, -0.2) is 37.9 Å². The zero-order valence-corrected chi connectivity index (χ0v) is 20.8. The maximum atomic E-state index is 12.5. The second-order valence-corrected chi connectivity index (χ2v) is 10.3. The average Bonchev–Trinajstić information content (AvgIpc) is 3.01. The van der Waals surface area contributed by atoms with Gasteiger partial charge < -0.3 is 4.57 Å². The number of nitrogens with zero attached hydrogens (tertiary/aromatic N) is 3. The minimum Gasteiger partial charge on any atom is -0.318 e. The normalized spacial score (nSPS) is 11.7. The monoisotopic (exact) mass is 486 g/mol. The van der Waals surface area contributed by atoms with Crippen molar-refractivity contribution in [2.45, 2.75) is 27.7 Å². The first kappa shape index (κ1) is 24.5. The number of amides is 1. The van der Waals surface area contributed by atoms with Crippen molar-refractivity contribution in [2.24, 2.45) is 5.10 Å². The number of hydrazone groups is 1. The molecule has 0 unspecified atom stereocenters. The summed E-state index contributed by atoms with van der Waals surface area (Å²) in [5, 5.41) is 4.44. The number of aromatic nitrogens is 1. The Morgan fingerprint density at radius 2 is 1.79 bits per heavy atom. The molecule has 174 valence electrons. The molecule has 3 aromatic rings. The maximum Gasteiger partial charge on any atom is 0.260 e. The molecule has 33 heavy (non-hydrogen) atoms. The number of carbonyl (C=O) groups is 1. The molecule has 0 saturated heterocycles. The van der Waals surface area contributed by atoms with E-state index in [1.165, 1.54) is 6.07 Å². The Balaban J connectivity index is 1.78. The van der Waals surface area contributed by atoms with Crippen molar-refractivity contribution < 1.29 is 13.2 Å². The number of para-hydroxylation sites is 1. The standard InChI is InChI=1S/C24H27ClN4O3S/c1-16-8-6-7-9-22(16)29-18(3)12-20(19(29)4)14-26-27-24(30)15-28(33(5,31)32)23-13-21(25)11-10-17(23)2/h6-14H,15H2,1-5H3,(H,27,30)/b26-14-. The number of anilines is 1. The molecule has 0 atom stereocenters. The summed E-state index contributed by atoms with van der Waals surface area (Å²) in [6.45, 7) is 7.38. The quantitative estimate of drug-likeness (QED) is 0.399. The smallest absolute Gasteiger partial charge is 0.260 e. The second kappa shape index (κ2) is 9.80. The van der Waals surface area contributed by atoms with E-state index in [1.54, 1.807) is 25.3 Å². The Hall–Kier alpha value is -3.10. The fraction of sp³-hybridized carbons (Fsp3) is 0.250. The lowest BCUT2D eigenvalue weighted by Crippen LogP contribution is -2.39. The summed E-state index contributed by atoms with van der Waals surface area (Å²) < 4.78 is 27.8. The predicted octanol–water partition coefficient (Wildman–Crippen LogP) is 4.28. The molecule has 1 amide bonds. The number of nitrogens with one attached hydrogen (secondary N) is 1. The molecular weight excluding hydrogens is 460 g/mol. The van der Waals surface area contributed by atoms with Gasteiger partial charge >= 0.3 is 0 Å². The molecule has 0 aliphatic heterocycles. The van der Waals surface area contributed by atoms with E-state index < -0.39 is 22.5 Å². The molecule has 0 radical (unpaired) electrons. The van der Waals surface area contributed by atoms with Crippen LogP contribution in [0.5, 0.6) is 0 Å². The molecule has 3 rings (SSSR count). The van der Waals surface area contributed by atoms with Crippen molar-refractivity contribution in [2.75, 3.05) is 17.1 Å². The molecule has 0 bridgehead atoms. The first-order chi connectivity index (χ1) is 15.5. The van der Waals surface area contributed by atoms with Gasteiger partial charge in [-0.05, 0) is 63.1 Å². The van der Waals surface area contributed by atoms with Crippen LogP contribution in [0.15, 0.2) is 53.6 Å². The van der Waals surface area contributed by atoms with Gasteiger partial charge in [0.15, 0.2) is 0 Å². The number of hydrogen-bond acceptors (Lipinski definition) is 4. The highest BCUT2D eigenvalue weighted by atomic mass is 35.5. The number of sulfonamides is 1. The third-order valence-corrected chi connectivity index (χ3v) is 6.71. The van der Waals surface area contributed by atoms with Gasteiger partial charge in [-0.25, -0.2) is 13.8 Å². The number of halogens is 1. The third-order valence-electron chi connectivity index (χ3n) is 5.35. The van der Waals surface area contributed by atoms with Crippen molar-refractivity contribution in [1.29, 1.82) is 0 Å². The fourth-order valence-corrected chi connectivity index (χ4v) is 4.75. The Bertz CT molecular complexity index is 1330. The summed E-state index contributed by atoms with van der Waals surface area (Å²) >= 11 is 6.03. The zero-order valence-electron chi connectivity index (χ0n) is 19.3. The fourth-order valence-electron chi connectivity index (χ4n) is 3.68. The lowest BCUT2D eigenvalue weighted by molar-refractivity contribution is -0.119. The molecule has 1 N–H and O–H groups in total. The van der Waals surface area contributed by atoms with E-state index in [1.807, 2.05) is 32.0 Å². The van der Waals surface area contributed by atoms with E-state index >= 15 is 0 Å². The van der Waals surface area contributed by atoms with Crippen molar-refractivity contribution >= 4 is 39.4 Å². The molecule has 0 fully saturated rings. The van der Waals surface area contributed by atoms with Crippen molar-refractivity contribution in [1.82, 2.24) is 9.99 Å². The second-order valence-electron chi connectivity index (χ2n) is 7.94. The molecular formula is C24H27ClN4O3S. The summed E-state index contributed by atoms with van der Waals surface area (Å²) in [6, 6.07) is 15.0. The number of benzene rings is 2. The van der Waals surface area contributed by atoms with Crippen molar-refractivity contribution in [3.8, 4) is 5.69 Å². The van der Waals surface area contributed by atoms with Gasteiger partial charge in [0.2, 0.25) is 10.0 Å². The van der Waals surface area contributed by atoms with E-state index in [-0.39, 0.29) is 0 Å². The number of rotatable bonds is 7. The Morgan fingerprint density at radius 3 is 2.45 bits per heavy atom. The molecule has 0 spiro atoms. The van der Waals surface area contributed by atoms with Crippen LogP contribution in [0, 0.1) is 27.7 Å². The first-order valence-electron chi connectivity index (χ1n) is 10.3. The minimum absolute atomic E-state index is 0.353. The molecule has 1 heterocycles. The van der Waals surface area contributed by atoms with Crippen molar-refractivity contribution in [3.63, 3.8) is 0 Å². The molecule has 9 heteroatoms. The van der Waals surface area contributed by atoms with Crippen molar-refractivity contribution in [3.05, 3.63) is 81.6 Å². The zero-order chi connectivity index (χ0) is 24.3. The summed E-state index contributed by atoms with van der Waals surface area (Å²) in [5.74, 6) is -0.566. The van der Waals surface area contributed by atoms with Crippen LogP contribution in [0.4, 0.5) is 5.69 Å². The number of carbonyl (C=O) groups excluding carboxylic acids is 1. The average molecular weight is 487 g/mol. The molecule has 0 aliphatic rings. The van der Waals surface area contributed by atoms with Crippen LogP contribution in [-0.2, 0) is 14.8 Å². The van der Waals surface area contributed by atoms with E-state index in [0.29, 0.717) is 16.3 Å². The van der Waals surface area contributed by atoms with E-state index in [9.17, 15) is 13.2 Å². The van der Waals surface area contributed by atoms with Gasteiger partial charge in [0.25, 0.3) is 5.91 Å². The molecule has 2 aromatic carbocycles. The van der Waals surface area contributed by atoms with Crippen LogP contribution in [0.1, 0.15) is 28.1 Å². The largest absolute Gasteiger partial charge is 0.318 e. The summed E-state index contributed by atoms with van der Waals surface area (Å²) in [5.41, 5.74) is 8.56. The molecule has 0 aliphatic carbocycles. The van der Waals surface area contributed by atoms with Gasteiger partial charge in [-0.1, -0.05) is 35.9 Å². The summed E-state index contributed by atoms with van der Waals surface area (Å²) in [7, 11) is -3.71. The Morgan fingerprint density at radius 1 is 1.09 bits per heavy atom. The highest BCUT2D eigenvalue weighted by molar-refractivity contribution is 7.92. The van der Waals surface area contributed by atoms with Gasteiger partial charge in [0.05, 0.1) is 18.2 Å². The van der Waals surface area contributed by atoms with Gasteiger partial charge in [-0.15, -0.1) is 0 Å². The lowest BCUT2D eigenvalue weighted by Gasteiger charge is -2.23. The molecule has 0 saturated carbocycles. The van der Waals surface area contributed by atoms with Crippen LogP contribution < -0.4 is 9.73 Å². The van der Waals surface area contributed by atoms with Crippen LogP contribution in [0.2, 0.25) is 5.02 Å². The van der Waals surface area contributed by atoms with E-state index in [4.69, 9.17) is 11.6 Å². The van der Waals surface area contributed by atoms with Gasteiger partial charge in [-0.3, -0.25) is 9.10 Å². The summed E-state index contributed by atoms with van der Waals surface area (Å²) in [4.78, 5) is 12.5. The minimum atomic E-state index is -3.71. The number of aryl methyl sites for hydroxylation is 3. The van der Waals surface area contributed by atoms with Gasteiger partial charge in [0, 0.05) is 27.7 Å². The SMILES string of the molecule is Cc1ccc(Cl)cc1N(CC(=O)N/N=C\c1cc(C)n(-c2ccccc2C)c1C)S(C)(=O)=O.